The molecule has 0 heterocycles. The van der Waals surface area contributed by atoms with E-state index in [2.05, 4.69) is 33.8 Å². The zero-order valence-electron chi connectivity index (χ0n) is 15.0. The third kappa shape index (κ3) is 7.30. The van der Waals surface area contributed by atoms with Gasteiger partial charge < -0.3 is 4.90 Å². The summed E-state index contributed by atoms with van der Waals surface area (Å²) in [6, 6.07) is 9.69. The molecule has 1 rings (SSSR count). The van der Waals surface area contributed by atoms with Gasteiger partial charge in [0.25, 0.3) is 0 Å². The molecule has 0 aliphatic carbocycles. The number of nitriles is 1. The Morgan fingerprint density at radius 2 is 1.78 bits per heavy atom. The Kier molecular flexibility index (Phi) is 7.77. The van der Waals surface area contributed by atoms with Crippen molar-refractivity contribution in [2.75, 3.05) is 26.7 Å². The van der Waals surface area contributed by atoms with Crippen LogP contribution in [-0.2, 0) is 11.3 Å². The summed E-state index contributed by atoms with van der Waals surface area (Å²) in [6.45, 7) is 11.2. The number of hydrogen-bond acceptors (Lipinski definition) is 3. The zero-order chi connectivity index (χ0) is 17.4. The van der Waals surface area contributed by atoms with Gasteiger partial charge in [-0.15, -0.1) is 0 Å². The van der Waals surface area contributed by atoms with Gasteiger partial charge >= 0.3 is 0 Å². The second-order valence-electron chi connectivity index (χ2n) is 7.07. The smallest absolute Gasteiger partial charge is 0.236 e. The van der Waals surface area contributed by atoms with Crippen molar-refractivity contribution in [1.29, 1.82) is 5.26 Å². The molecule has 1 aromatic rings. The van der Waals surface area contributed by atoms with Gasteiger partial charge in [-0.1, -0.05) is 39.8 Å². The average Bonchev–Trinajstić information content (AvgIpc) is 2.45. The van der Waals surface area contributed by atoms with Crippen LogP contribution >= 0.6 is 0 Å². The summed E-state index contributed by atoms with van der Waals surface area (Å²) in [4.78, 5) is 16.5. The predicted molar refractivity (Wildman–Crippen MR) is 93.7 cm³/mol. The lowest BCUT2D eigenvalue weighted by Crippen LogP contribution is -2.42. The van der Waals surface area contributed by atoms with Crippen molar-refractivity contribution in [1.82, 2.24) is 9.80 Å². The highest BCUT2D eigenvalue weighted by atomic mass is 16.2. The first-order chi connectivity index (χ1) is 10.8. The third-order valence-electron chi connectivity index (χ3n) is 3.44. The summed E-state index contributed by atoms with van der Waals surface area (Å²) in [7, 11) is 1.94. The molecule has 0 radical (unpaired) electrons. The molecule has 0 saturated heterocycles. The normalized spacial score (nSPS) is 11.1. The SMILES string of the molecule is CC(C)CN(CC(C)C)C(=O)CN(C)Cc1cccc(C#N)c1. The lowest BCUT2D eigenvalue weighted by molar-refractivity contribution is -0.133. The van der Waals surface area contributed by atoms with E-state index in [9.17, 15) is 4.79 Å². The van der Waals surface area contributed by atoms with E-state index in [1.54, 1.807) is 6.07 Å². The molecule has 0 aliphatic rings. The fourth-order valence-corrected chi connectivity index (χ4v) is 2.60. The van der Waals surface area contributed by atoms with E-state index in [-0.39, 0.29) is 5.91 Å². The first-order valence-corrected chi connectivity index (χ1v) is 8.27. The maximum atomic E-state index is 12.6. The van der Waals surface area contributed by atoms with Gasteiger partial charge in [0.05, 0.1) is 18.2 Å². The van der Waals surface area contributed by atoms with Crippen LogP contribution < -0.4 is 0 Å². The maximum Gasteiger partial charge on any atom is 0.236 e. The van der Waals surface area contributed by atoms with Crippen LogP contribution in [0.2, 0.25) is 0 Å². The lowest BCUT2D eigenvalue weighted by Gasteiger charge is -2.28. The molecular formula is C19H29N3O. The third-order valence-corrected chi connectivity index (χ3v) is 3.44. The van der Waals surface area contributed by atoms with Crippen LogP contribution in [0, 0.1) is 23.2 Å². The van der Waals surface area contributed by atoms with Gasteiger partial charge in [0, 0.05) is 19.6 Å². The molecule has 4 nitrogen and oxygen atoms in total. The van der Waals surface area contributed by atoms with E-state index in [1.807, 2.05) is 35.0 Å². The molecule has 126 valence electrons. The van der Waals surface area contributed by atoms with Gasteiger partial charge in [0.2, 0.25) is 5.91 Å². The van der Waals surface area contributed by atoms with Crippen molar-refractivity contribution in [3.63, 3.8) is 0 Å². The summed E-state index contributed by atoms with van der Waals surface area (Å²) < 4.78 is 0. The number of carbonyl (C=O) groups excluding carboxylic acids is 1. The van der Waals surface area contributed by atoms with Gasteiger partial charge in [-0.3, -0.25) is 9.69 Å². The van der Waals surface area contributed by atoms with Gasteiger partial charge in [0.1, 0.15) is 0 Å². The van der Waals surface area contributed by atoms with Crippen molar-refractivity contribution >= 4 is 5.91 Å². The van der Waals surface area contributed by atoms with Crippen molar-refractivity contribution in [3.05, 3.63) is 35.4 Å². The molecule has 0 atom stereocenters. The second kappa shape index (κ2) is 9.32. The van der Waals surface area contributed by atoms with Crippen LogP contribution in [0.4, 0.5) is 0 Å². The molecule has 0 spiro atoms. The van der Waals surface area contributed by atoms with Crippen molar-refractivity contribution in [2.24, 2.45) is 11.8 Å². The van der Waals surface area contributed by atoms with Crippen LogP contribution in [-0.4, -0.2) is 42.4 Å². The first-order valence-electron chi connectivity index (χ1n) is 8.27. The Hall–Kier alpha value is -1.86. The Bertz CT molecular complexity index is 536. The summed E-state index contributed by atoms with van der Waals surface area (Å²) in [5, 5.41) is 8.96. The first kappa shape index (κ1) is 19.2. The molecule has 0 unspecified atom stereocenters. The summed E-state index contributed by atoms with van der Waals surface area (Å²) in [6.07, 6.45) is 0. The van der Waals surface area contributed by atoms with Crippen molar-refractivity contribution in [3.8, 4) is 6.07 Å². The highest BCUT2D eigenvalue weighted by Crippen LogP contribution is 2.09. The molecule has 0 bridgehead atoms. The minimum absolute atomic E-state index is 0.173. The summed E-state index contributed by atoms with van der Waals surface area (Å²) in [5.41, 5.74) is 1.71. The van der Waals surface area contributed by atoms with E-state index in [1.165, 1.54) is 0 Å². The van der Waals surface area contributed by atoms with Gasteiger partial charge in [-0.25, -0.2) is 0 Å². The highest BCUT2D eigenvalue weighted by Gasteiger charge is 2.17. The number of hydrogen-bond donors (Lipinski definition) is 0. The molecule has 1 amide bonds. The molecular weight excluding hydrogens is 286 g/mol. The fraction of sp³-hybridized carbons (Fsp3) is 0.579. The van der Waals surface area contributed by atoms with Crippen molar-refractivity contribution < 1.29 is 4.79 Å². The van der Waals surface area contributed by atoms with Gasteiger partial charge in [0.15, 0.2) is 0 Å². The largest absolute Gasteiger partial charge is 0.341 e. The average molecular weight is 315 g/mol. The molecule has 0 aromatic heterocycles. The number of likely N-dealkylation sites (N-methyl/N-ethyl adjacent to an activating group) is 1. The summed E-state index contributed by atoms with van der Waals surface area (Å²) in [5.74, 6) is 1.11. The van der Waals surface area contributed by atoms with E-state index >= 15 is 0 Å². The van der Waals surface area contributed by atoms with Gasteiger partial charge in [-0.05, 0) is 36.6 Å². The standard InChI is InChI=1S/C19H29N3O/c1-15(2)11-22(12-16(3)4)19(23)14-21(5)13-18-8-6-7-17(9-18)10-20/h6-9,15-16H,11-14H2,1-5H3. The monoisotopic (exact) mass is 315 g/mol. The van der Waals surface area contributed by atoms with Crippen LogP contribution in [0.1, 0.15) is 38.8 Å². The van der Waals surface area contributed by atoms with E-state index in [4.69, 9.17) is 5.26 Å². The molecule has 0 fully saturated rings. The number of amides is 1. The number of carbonyl (C=O) groups is 1. The molecule has 0 aliphatic heterocycles. The Balaban J connectivity index is 2.64. The Labute approximate surface area is 140 Å². The van der Waals surface area contributed by atoms with Crippen molar-refractivity contribution in [2.45, 2.75) is 34.2 Å². The highest BCUT2D eigenvalue weighted by molar-refractivity contribution is 5.78. The topological polar surface area (TPSA) is 47.3 Å². The molecule has 0 N–H and O–H groups in total. The van der Waals surface area contributed by atoms with Crippen LogP contribution in [0.5, 0.6) is 0 Å². The number of nitrogens with zero attached hydrogens (tertiary/aromatic N) is 3. The van der Waals surface area contributed by atoms with E-state index in [0.29, 0.717) is 30.5 Å². The minimum atomic E-state index is 0.173. The summed E-state index contributed by atoms with van der Waals surface area (Å²) >= 11 is 0. The number of benzene rings is 1. The second-order valence-corrected chi connectivity index (χ2v) is 7.07. The fourth-order valence-electron chi connectivity index (χ4n) is 2.60. The maximum absolute atomic E-state index is 12.6. The Morgan fingerprint density at radius 3 is 2.30 bits per heavy atom. The Morgan fingerprint density at radius 1 is 1.17 bits per heavy atom. The van der Waals surface area contributed by atoms with E-state index < -0.39 is 0 Å². The van der Waals surface area contributed by atoms with Crippen LogP contribution in [0.25, 0.3) is 0 Å². The molecule has 4 heteroatoms. The minimum Gasteiger partial charge on any atom is -0.341 e. The van der Waals surface area contributed by atoms with Gasteiger partial charge in [-0.2, -0.15) is 5.26 Å². The zero-order valence-corrected chi connectivity index (χ0v) is 15.0. The molecule has 0 saturated carbocycles. The predicted octanol–water partition coefficient (Wildman–Crippen LogP) is 3.13. The molecule has 23 heavy (non-hydrogen) atoms. The van der Waals surface area contributed by atoms with Crippen LogP contribution in [0.15, 0.2) is 24.3 Å². The lowest BCUT2D eigenvalue weighted by atomic mass is 10.1. The number of rotatable bonds is 8. The van der Waals surface area contributed by atoms with Crippen LogP contribution in [0.3, 0.4) is 0 Å². The molecule has 1 aromatic carbocycles. The quantitative estimate of drug-likeness (QED) is 0.740. The van der Waals surface area contributed by atoms with E-state index in [0.717, 1.165) is 18.7 Å².